The van der Waals surface area contributed by atoms with Crippen LogP contribution in [0.2, 0.25) is 0 Å². The van der Waals surface area contributed by atoms with E-state index in [-0.39, 0.29) is 17.7 Å². The first kappa shape index (κ1) is 14.2. The van der Waals surface area contributed by atoms with Gasteiger partial charge >= 0.3 is 0 Å². The number of nitrogens with zero attached hydrogens (tertiary/aromatic N) is 1. The molecule has 1 unspecified atom stereocenters. The molecular formula is C14H25NO2. The van der Waals surface area contributed by atoms with Crippen LogP contribution in [-0.2, 0) is 9.59 Å². The van der Waals surface area contributed by atoms with Crippen LogP contribution >= 0.6 is 0 Å². The maximum atomic E-state index is 10.8. The Labute approximate surface area is 105 Å². The summed E-state index contributed by atoms with van der Waals surface area (Å²) in [5.41, 5.74) is 0. The fourth-order valence-corrected chi connectivity index (χ4v) is 2.37. The van der Waals surface area contributed by atoms with Crippen LogP contribution in [0.3, 0.4) is 0 Å². The second-order valence-corrected chi connectivity index (χ2v) is 5.76. The Balaban J connectivity index is 0.000000171. The van der Waals surface area contributed by atoms with E-state index >= 15 is 0 Å². The Morgan fingerprint density at radius 1 is 0.941 bits per heavy atom. The van der Waals surface area contributed by atoms with Gasteiger partial charge in [-0.3, -0.25) is 14.5 Å². The van der Waals surface area contributed by atoms with Gasteiger partial charge in [-0.05, 0) is 11.8 Å². The number of hydrogen-bond donors (Lipinski definition) is 0. The summed E-state index contributed by atoms with van der Waals surface area (Å²) in [6.07, 6.45) is 6.28. The van der Waals surface area contributed by atoms with Crippen LogP contribution in [0.1, 0.15) is 52.9 Å². The number of amides is 2. The van der Waals surface area contributed by atoms with Crippen LogP contribution in [-0.4, -0.2) is 23.8 Å². The normalized spacial score (nSPS) is 33.4. The monoisotopic (exact) mass is 239 g/mol. The van der Waals surface area contributed by atoms with E-state index in [0.717, 1.165) is 11.8 Å². The second-order valence-electron chi connectivity index (χ2n) is 5.76. The van der Waals surface area contributed by atoms with Crippen LogP contribution in [0.15, 0.2) is 0 Å². The van der Waals surface area contributed by atoms with E-state index in [0.29, 0.717) is 6.42 Å². The van der Waals surface area contributed by atoms with Gasteiger partial charge in [-0.1, -0.05) is 46.5 Å². The lowest BCUT2D eigenvalue weighted by atomic mass is 9.84. The van der Waals surface area contributed by atoms with Crippen molar-refractivity contribution in [2.75, 3.05) is 7.05 Å². The van der Waals surface area contributed by atoms with Crippen molar-refractivity contribution >= 4 is 11.8 Å². The molecule has 1 saturated carbocycles. The first-order valence-corrected chi connectivity index (χ1v) is 6.72. The third kappa shape index (κ3) is 4.14. The lowest BCUT2D eigenvalue weighted by Gasteiger charge is -2.22. The van der Waals surface area contributed by atoms with E-state index in [1.165, 1.54) is 37.6 Å². The SMILES string of the molecule is CC1CC(=O)N(C)C1=O.CC1CCC(C)CC1. The summed E-state index contributed by atoms with van der Waals surface area (Å²) in [6.45, 7) is 6.50. The topological polar surface area (TPSA) is 37.4 Å². The molecule has 1 atom stereocenters. The number of hydrogen-bond acceptors (Lipinski definition) is 2. The standard InChI is InChI=1S/C8H16.C6H9NO2/c1-7-3-5-8(2)6-4-7;1-4-3-5(8)7(2)6(4)9/h7-8H,3-6H2,1-2H3;4H,3H2,1-2H3. The zero-order chi connectivity index (χ0) is 13.0. The van der Waals surface area contributed by atoms with Gasteiger partial charge in [-0.2, -0.15) is 0 Å². The summed E-state index contributed by atoms with van der Waals surface area (Å²) >= 11 is 0. The van der Waals surface area contributed by atoms with Crippen LogP contribution in [0.25, 0.3) is 0 Å². The predicted molar refractivity (Wildman–Crippen MR) is 68.4 cm³/mol. The Bertz CT molecular complexity index is 270. The molecular weight excluding hydrogens is 214 g/mol. The van der Waals surface area contributed by atoms with Crippen molar-refractivity contribution in [1.29, 1.82) is 0 Å². The molecule has 1 saturated heterocycles. The molecule has 1 aliphatic carbocycles. The molecule has 98 valence electrons. The molecule has 3 heteroatoms. The summed E-state index contributed by atoms with van der Waals surface area (Å²) in [5.74, 6) is 1.83. The number of carbonyl (C=O) groups is 2. The smallest absolute Gasteiger partial charge is 0.232 e. The van der Waals surface area contributed by atoms with Crippen molar-refractivity contribution in [3.63, 3.8) is 0 Å². The zero-order valence-corrected chi connectivity index (χ0v) is 11.5. The quantitative estimate of drug-likeness (QED) is 0.610. The summed E-state index contributed by atoms with van der Waals surface area (Å²) in [6, 6.07) is 0. The fraction of sp³-hybridized carbons (Fsp3) is 0.857. The van der Waals surface area contributed by atoms with Crippen molar-refractivity contribution in [3.05, 3.63) is 0 Å². The fourth-order valence-electron chi connectivity index (χ4n) is 2.37. The maximum absolute atomic E-state index is 10.8. The molecule has 1 heterocycles. The van der Waals surface area contributed by atoms with E-state index in [1.807, 2.05) is 0 Å². The number of rotatable bonds is 0. The van der Waals surface area contributed by atoms with Gasteiger partial charge < -0.3 is 0 Å². The van der Waals surface area contributed by atoms with Crippen molar-refractivity contribution < 1.29 is 9.59 Å². The summed E-state index contributed by atoms with van der Waals surface area (Å²) < 4.78 is 0. The number of imide groups is 1. The molecule has 2 amide bonds. The minimum absolute atomic E-state index is 0.0556. The van der Waals surface area contributed by atoms with E-state index in [2.05, 4.69) is 13.8 Å². The largest absolute Gasteiger partial charge is 0.286 e. The van der Waals surface area contributed by atoms with Crippen LogP contribution in [0.5, 0.6) is 0 Å². The Kier molecular flexibility index (Phi) is 5.16. The summed E-state index contributed by atoms with van der Waals surface area (Å²) in [7, 11) is 1.52. The van der Waals surface area contributed by atoms with E-state index in [1.54, 1.807) is 6.92 Å². The van der Waals surface area contributed by atoms with Crippen molar-refractivity contribution in [2.45, 2.75) is 52.9 Å². The molecule has 0 bridgehead atoms. The third-order valence-corrected chi connectivity index (χ3v) is 3.91. The Morgan fingerprint density at radius 2 is 1.35 bits per heavy atom. The van der Waals surface area contributed by atoms with Crippen molar-refractivity contribution in [1.82, 2.24) is 4.90 Å². The Hall–Kier alpha value is -0.860. The van der Waals surface area contributed by atoms with Gasteiger partial charge in [0.15, 0.2) is 0 Å². The van der Waals surface area contributed by atoms with Gasteiger partial charge in [-0.25, -0.2) is 0 Å². The Morgan fingerprint density at radius 3 is 1.53 bits per heavy atom. The van der Waals surface area contributed by atoms with E-state index in [4.69, 9.17) is 0 Å². The molecule has 2 aliphatic rings. The van der Waals surface area contributed by atoms with Gasteiger partial charge in [0, 0.05) is 19.4 Å². The van der Waals surface area contributed by atoms with Gasteiger partial charge in [0.1, 0.15) is 0 Å². The highest BCUT2D eigenvalue weighted by atomic mass is 16.2. The number of likely N-dealkylation sites (tertiary alicyclic amines) is 1. The molecule has 1 aliphatic heterocycles. The van der Waals surface area contributed by atoms with Gasteiger partial charge in [-0.15, -0.1) is 0 Å². The molecule has 2 rings (SSSR count). The average Bonchev–Trinajstić information content (AvgIpc) is 2.51. The minimum Gasteiger partial charge on any atom is -0.286 e. The van der Waals surface area contributed by atoms with Gasteiger partial charge in [0.25, 0.3) is 0 Å². The molecule has 0 aromatic rings. The maximum Gasteiger partial charge on any atom is 0.232 e. The van der Waals surface area contributed by atoms with E-state index in [9.17, 15) is 9.59 Å². The molecule has 17 heavy (non-hydrogen) atoms. The highest BCUT2D eigenvalue weighted by molar-refractivity contribution is 6.02. The molecule has 0 radical (unpaired) electrons. The van der Waals surface area contributed by atoms with Gasteiger partial charge in [0.05, 0.1) is 0 Å². The minimum atomic E-state index is -0.0949. The molecule has 0 aromatic carbocycles. The van der Waals surface area contributed by atoms with Crippen LogP contribution in [0.4, 0.5) is 0 Å². The third-order valence-electron chi connectivity index (χ3n) is 3.91. The average molecular weight is 239 g/mol. The zero-order valence-electron chi connectivity index (χ0n) is 11.5. The van der Waals surface area contributed by atoms with Crippen LogP contribution in [0, 0.1) is 17.8 Å². The molecule has 0 spiro atoms. The predicted octanol–water partition coefficient (Wildman–Crippen LogP) is 2.84. The summed E-state index contributed by atoms with van der Waals surface area (Å²) in [5, 5.41) is 0. The first-order valence-electron chi connectivity index (χ1n) is 6.72. The second kappa shape index (κ2) is 6.18. The highest BCUT2D eigenvalue weighted by Crippen LogP contribution is 2.27. The van der Waals surface area contributed by atoms with Gasteiger partial charge in [0.2, 0.25) is 11.8 Å². The number of carbonyl (C=O) groups excluding carboxylic acids is 2. The molecule has 0 N–H and O–H groups in total. The molecule has 3 nitrogen and oxygen atoms in total. The van der Waals surface area contributed by atoms with E-state index < -0.39 is 0 Å². The van der Waals surface area contributed by atoms with Crippen molar-refractivity contribution in [3.8, 4) is 0 Å². The van der Waals surface area contributed by atoms with Crippen LogP contribution < -0.4 is 0 Å². The summed E-state index contributed by atoms with van der Waals surface area (Å²) in [4.78, 5) is 22.7. The molecule has 0 aromatic heterocycles. The lowest BCUT2D eigenvalue weighted by molar-refractivity contribution is -0.137. The highest BCUT2D eigenvalue weighted by Gasteiger charge is 2.32. The van der Waals surface area contributed by atoms with Crippen molar-refractivity contribution in [2.24, 2.45) is 17.8 Å². The first-order chi connectivity index (χ1) is 7.91. The lowest BCUT2D eigenvalue weighted by Crippen LogP contribution is -2.24. The molecule has 2 fully saturated rings.